The summed E-state index contributed by atoms with van der Waals surface area (Å²) in [5, 5.41) is 11.8. The molecule has 0 aliphatic rings. The third kappa shape index (κ3) is 1.66. The topological polar surface area (TPSA) is 77.8 Å². The van der Waals surface area contributed by atoms with Crippen molar-refractivity contribution in [3.8, 4) is 11.3 Å². The first-order valence-corrected chi connectivity index (χ1v) is 4.69. The molecule has 0 bridgehead atoms. The third-order valence-corrected chi connectivity index (χ3v) is 2.37. The van der Waals surface area contributed by atoms with Crippen LogP contribution in [0.4, 0.5) is 5.82 Å². The fourth-order valence-electron chi connectivity index (χ4n) is 1.24. The lowest BCUT2D eigenvalue weighted by Crippen LogP contribution is -1.93. The third-order valence-electron chi connectivity index (χ3n) is 2.00. The standard InChI is InChI=1S/C9H9ClN4O/c1-4-3-6(5(2)13-12-4)8-7(10)9(11)14-15-8/h3H,1-2H3,(H2,11,14). The molecule has 0 saturated carbocycles. The van der Waals surface area contributed by atoms with Crippen LogP contribution in [0.5, 0.6) is 0 Å². The predicted octanol–water partition coefficient (Wildman–Crippen LogP) is 1.98. The second-order valence-corrected chi connectivity index (χ2v) is 3.57. The zero-order chi connectivity index (χ0) is 11.0. The van der Waals surface area contributed by atoms with Crippen molar-refractivity contribution in [2.24, 2.45) is 0 Å². The van der Waals surface area contributed by atoms with Crippen molar-refractivity contribution in [3.63, 3.8) is 0 Å². The van der Waals surface area contributed by atoms with Gasteiger partial charge in [-0.3, -0.25) is 0 Å². The molecule has 2 aromatic heterocycles. The van der Waals surface area contributed by atoms with Gasteiger partial charge in [0.2, 0.25) is 0 Å². The van der Waals surface area contributed by atoms with Gasteiger partial charge in [0.15, 0.2) is 11.6 Å². The predicted molar refractivity (Wildman–Crippen MR) is 56.4 cm³/mol. The van der Waals surface area contributed by atoms with Crippen LogP contribution in [0.1, 0.15) is 11.4 Å². The summed E-state index contributed by atoms with van der Waals surface area (Å²) in [4.78, 5) is 0. The highest BCUT2D eigenvalue weighted by Gasteiger charge is 2.16. The second-order valence-electron chi connectivity index (χ2n) is 3.20. The summed E-state index contributed by atoms with van der Waals surface area (Å²) in [6.07, 6.45) is 0. The van der Waals surface area contributed by atoms with Crippen LogP contribution in [0.25, 0.3) is 11.3 Å². The number of nitrogens with two attached hydrogens (primary N) is 1. The van der Waals surface area contributed by atoms with Crippen LogP contribution in [0, 0.1) is 13.8 Å². The molecule has 2 aromatic rings. The average molecular weight is 225 g/mol. The molecule has 5 nitrogen and oxygen atoms in total. The van der Waals surface area contributed by atoms with E-state index in [0.717, 1.165) is 17.0 Å². The zero-order valence-corrected chi connectivity index (χ0v) is 9.04. The van der Waals surface area contributed by atoms with Gasteiger partial charge in [0.1, 0.15) is 5.02 Å². The molecule has 2 heterocycles. The fraction of sp³-hybridized carbons (Fsp3) is 0.222. The van der Waals surface area contributed by atoms with Gasteiger partial charge in [-0.05, 0) is 19.9 Å². The van der Waals surface area contributed by atoms with Crippen LogP contribution in [0.2, 0.25) is 5.02 Å². The first kappa shape index (κ1) is 9.92. The molecule has 0 aromatic carbocycles. The monoisotopic (exact) mass is 224 g/mol. The van der Waals surface area contributed by atoms with Gasteiger partial charge in [-0.1, -0.05) is 16.8 Å². The van der Waals surface area contributed by atoms with Gasteiger partial charge >= 0.3 is 0 Å². The van der Waals surface area contributed by atoms with Crippen molar-refractivity contribution in [1.82, 2.24) is 15.4 Å². The van der Waals surface area contributed by atoms with E-state index in [2.05, 4.69) is 15.4 Å². The summed E-state index contributed by atoms with van der Waals surface area (Å²) in [6.45, 7) is 3.65. The Balaban J connectivity index is 2.63. The number of hydrogen-bond donors (Lipinski definition) is 1. The van der Waals surface area contributed by atoms with Crippen molar-refractivity contribution >= 4 is 17.4 Å². The molecule has 0 unspecified atom stereocenters. The maximum Gasteiger partial charge on any atom is 0.189 e. The second kappa shape index (κ2) is 3.51. The molecular formula is C9H9ClN4O. The maximum absolute atomic E-state index is 5.94. The molecule has 0 spiro atoms. The van der Waals surface area contributed by atoms with Gasteiger partial charge in [-0.25, -0.2) is 0 Å². The lowest BCUT2D eigenvalue weighted by molar-refractivity contribution is 0.435. The van der Waals surface area contributed by atoms with Crippen LogP contribution in [0.15, 0.2) is 10.6 Å². The van der Waals surface area contributed by atoms with E-state index in [0.29, 0.717) is 10.8 Å². The van der Waals surface area contributed by atoms with E-state index in [4.69, 9.17) is 21.9 Å². The Morgan fingerprint density at radius 1 is 1.33 bits per heavy atom. The number of rotatable bonds is 1. The fourth-order valence-corrected chi connectivity index (χ4v) is 1.41. The van der Waals surface area contributed by atoms with Crippen molar-refractivity contribution in [1.29, 1.82) is 0 Å². The SMILES string of the molecule is Cc1cc(-c2onc(N)c2Cl)c(C)nn1. The highest BCUT2D eigenvalue weighted by atomic mass is 35.5. The zero-order valence-electron chi connectivity index (χ0n) is 8.28. The molecule has 2 rings (SSSR count). The number of aryl methyl sites for hydroxylation is 2. The minimum Gasteiger partial charge on any atom is -0.380 e. The molecule has 0 atom stereocenters. The molecule has 0 amide bonds. The van der Waals surface area contributed by atoms with E-state index in [1.54, 1.807) is 0 Å². The highest BCUT2D eigenvalue weighted by molar-refractivity contribution is 6.35. The van der Waals surface area contributed by atoms with Gasteiger partial charge in [0.05, 0.1) is 11.4 Å². The Bertz CT molecular complexity index is 509. The van der Waals surface area contributed by atoms with Crippen molar-refractivity contribution < 1.29 is 4.52 Å². The summed E-state index contributed by atoms with van der Waals surface area (Å²) in [5.74, 6) is 0.616. The van der Waals surface area contributed by atoms with Crippen LogP contribution in [0.3, 0.4) is 0 Å². The molecule has 0 saturated heterocycles. The van der Waals surface area contributed by atoms with E-state index in [-0.39, 0.29) is 5.82 Å². The molecular weight excluding hydrogens is 216 g/mol. The Labute approximate surface area is 91.2 Å². The number of nitrogen functional groups attached to an aromatic ring is 1. The number of anilines is 1. The van der Waals surface area contributed by atoms with Gasteiger partial charge in [0, 0.05) is 5.56 Å². The van der Waals surface area contributed by atoms with Gasteiger partial charge in [0.25, 0.3) is 0 Å². The highest BCUT2D eigenvalue weighted by Crippen LogP contribution is 2.33. The lowest BCUT2D eigenvalue weighted by Gasteiger charge is -2.01. The first-order valence-electron chi connectivity index (χ1n) is 4.31. The van der Waals surface area contributed by atoms with Crippen molar-refractivity contribution in [3.05, 3.63) is 22.5 Å². The summed E-state index contributed by atoms with van der Waals surface area (Å²) < 4.78 is 5.04. The van der Waals surface area contributed by atoms with E-state index in [1.807, 2.05) is 19.9 Å². The largest absolute Gasteiger partial charge is 0.380 e. The van der Waals surface area contributed by atoms with Gasteiger partial charge in [-0.2, -0.15) is 10.2 Å². The van der Waals surface area contributed by atoms with Crippen LogP contribution < -0.4 is 5.73 Å². The van der Waals surface area contributed by atoms with Crippen molar-refractivity contribution in [2.45, 2.75) is 13.8 Å². The molecule has 0 aliphatic carbocycles. The molecule has 78 valence electrons. The number of aromatic nitrogens is 3. The Hall–Kier alpha value is -1.62. The molecule has 6 heteroatoms. The molecule has 0 radical (unpaired) electrons. The number of hydrogen-bond acceptors (Lipinski definition) is 5. The lowest BCUT2D eigenvalue weighted by atomic mass is 10.1. The Morgan fingerprint density at radius 3 is 2.67 bits per heavy atom. The van der Waals surface area contributed by atoms with E-state index in [1.165, 1.54) is 0 Å². The van der Waals surface area contributed by atoms with E-state index in [9.17, 15) is 0 Å². The summed E-state index contributed by atoms with van der Waals surface area (Å²) in [5.41, 5.74) is 7.75. The summed E-state index contributed by atoms with van der Waals surface area (Å²) in [6, 6.07) is 1.83. The van der Waals surface area contributed by atoms with Crippen LogP contribution in [-0.2, 0) is 0 Å². The minimum absolute atomic E-state index is 0.181. The average Bonchev–Trinajstić information content (AvgIpc) is 2.52. The molecule has 0 fully saturated rings. The van der Waals surface area contributed by atoms with Crippen LogP contribution in [-0.4, -0.2) is 15.4 Å². The number of nitrogens with zero attached hydrogens (tertiary/aromatic N) is 3. The van der Waals surface area contributed by atoms with Gasteiger partial charge in [-0.15, -0.1) is 0 Å². The minimum atomic E-state index is 0.181. The van der Waals surface area contributed by atoms with E-state index >= 15 is 0 Å². The molecule has 0 aliphatic heterocycles. The summed E-state index contributed by atoms with van der Waals surface area (Å²) in [7, 11) is 0. The smallest absolute Gasteiger partial charge is 0.189 e. The first-order chi connectivity index (χ1) is 7.09. The maximum atomic E-state index is 5.94. The van der Waals surface area contributed by atoms with Gasteiger partial charge < -0.3 is 10.3 Å². The molecule has 15 heavy (non-hydrogen) atoms. The van der Waals surface area contributed by atoms with E-state index < -0.39 is 0 Å². The quantitative estimate of drug-likeness (QED) is 0.802. The Kier molecular flexibility index (Phi) is 2.32. The normalized spacial score (nSPS) is 10.6. The summed E-state index contributed by atoms with van der Waals surface area (Å²) >= 11 is 5.94. The van der Waals surface area contributed by atoms with Crippen molar-refractivity contribution in [2.75, 3.05) is 5.73 Å². The Morgan fingerprint density at radius 2 is 2.07 bits per heavy atom. The molecule has 2 N–H and O–H groups in total. The van der Waals surface area contributed by atoms with Crippen LogP contribution >= 0.6 is 11.6 Å². The number of halogens is 1.